The Morgan fingerprint density at radius 3 is 2.64 bits per heavy atom. The molecule has 1 aromatic heterocycles. The van der Waals surface area contributed by atoms with E-state index >= 15 is 0 Å². The standard InChI is InChI=1S/C25H37N5O3/c1-18-7-4-8-19(2)30(18)16-6-14-26-24(31)21-9-5-15-29(17-21)25-27-23(28-33-25)20-10-12-22(32-3)13-11-20/h10-13,18-19,21H,4-9,14-17H2,1-3H3,(H,26,31)/t18-,19-,21+/m1/s1. The van der Waals surface area contributed by atoms with Crippen molar-refractivity contribution in [1.29, 1.82) is 0 Å². The third kappa shape index (κ3) is 5.85. The molecule has 2 saturated heterocycles. The second kappa shape index (κ2) is 11.0. The molecule has 0 radical (unpaired) electrons. The Labute approximate surface area is 196 Å². The van der Waals surface area contributed by atoms with E-state index in [-0.39, 0.29) is 11.8 Å². The number of piperidine rings is 2. The highest BCUT2D eigenvalue weighted by molar-refractivity contribution is 5.79. The summed E-state index contributed by atoms with van der Waals surface area (Å²) < 4.78 is 10.7. The number of amides is 1. The highest BCUT2D eigenvalue weighted by Crippen LogP contribution is 2.26. The van der Waals surface area contributed by atoms with Crippen molar-refractivity contribution >= 4 is 11.9 Å². The first-order chi connectivity index (χ1) is 16.0. The van der Waals surface area contributed by atoms with Gasteiger partial charge in [0.15, 0.2) is 0 Å². The van der Waals surface area contributed by atoms with Crippen molar-refractivity contribution < 1.29 is 14.1 Å². The molecule has 0 bridgehead atoms. The molecule has 2 aliphatic heterocycles. The molecule has 3 heterocycles. The van der Waals surface area contributed by atoms with Gasteiger partial charge in [0.2, 0.25) is 11.7 Å². The fourth-order valence-corrected chi connectivity index (χ4v) is 5.10. The normalized spacial score (nSPS) is 24.0. The van der Waals surface area contributed by atoms with Gasteiger partial charge in [-0.3, -0.25) is 9.69 Å². The second-order valence-electron chi connectivity index (χ2n) is 9.43. The molecule has 1 amide bonds. The van der Waals surface area contributed by atoms with Crippen LogP contribution in [-0.4, -0.2) is 66.3 Å². The maximum absolute atomic E-state index is 12.8. The number of nitrogens with zero attached hydrogens (tertiary/aromatic N) is 4. The number of methoxy groups -OCH3 is 1. The zero-order valence-electron chi connectivity index (χ0n) is 20.1. The first-order valence-corrected chi connectivity index (χ1v) is 12.3. The lowest BCUT2D eigenvalue weighted by Gasteiger charge is -2.39. The highest BCUT2D eigenvalue weighted by atomic mass is 16.5. The van der Waals surface area contributed by atoms with E-state index in [1.807, 2.05) is 29.2 Å². The van der Waals surface area contributed by atoms with Crippen molar-refractivity contribution in [2.75, 3.05) is 38.2 Å². The summed E-state index contributed by atoms with van der Waals surface area (Å²) in [6.45, 7) is 7.85. The summed E-state index contributed by atoms with van der Waals surface area (Å²) in [6, 6.07) is 9.34. The number of anilines is 1. The van der Waals surface area contributed by atoms with Crippen molar-refractivity contribution in [2.24, 2.45) is 5.92 Å². The minimum Gasteiger partial charge on any atom is -0.497 e. The minimum absolute atomic E-state index is 0.0529. The van der Waals surface area contributed by atoms with E-state index in [4.69, 9.17) is 9.26 Å². The number of nitrogens with one attached hydrogen (secondary N) is 1. The van der Waals surface area contributed by atoms with Crippen LogP contribution in [0.25, 0.3) is 11.4 Å². The number of hydrogen-bond acceptors (Lipinski definition) is 7. The van der Waals surface area contributed by atoms with Crippen LogP contribution in [0.15, 0.2) is 28.8 Å². The number of aromatic nitrogens is 2. The van der Waals surface area contributed by atoms with Crippen LogP contribution in [0.1, 0.15) is 52.4 Å². The van der Waals surface area contributed by atoms with Gasteiger partial charge in [0, 0.05) is 43.8 Å². The van der Waals surface area contributed by atoms with Gasteiger partial charge in [-0.2, -0.15) is 4.98 Å². The Morgan fingerprint density at radius 1 is 1.15 bits per heavy atom. The molecule has 0 saturated carbocycles. The quantitative estimate of drug-likeness (QED) is 0.607. The maximum atomic E-state index is 12.8. The van der Waals surface area contributed by atoms with Crippen molar-refractivity contribution in [3.05, 3.63) is 24.3 Å². The van der Waals surface area contributed by atoms with Gasteiger partial charge in [-0.05, 0) is 70.2 Å². The van der Waals surface area contributed by atoms with E-state index in [1.54, 1.807) is 7.11 Å². The molecule has 8 nitrogen and oxygen atoms in total. The van der Waals surface area contributed by atoms with Gasteiger partial charge in [-0.25, -0.2) is 0 Å². The largest absolute Gasteiger partial charge is 0.497 e. The molecule has 8 heteroatoms. The maximum Gasteiger partial charge on any atom is 0.324 e. The SMILES string of the molecule is COc1ccc(-c2noc(N3CCC[C@H](C(=O)NCCCN4[C@H](C)CCC[C@H]4C)C3)n2)cc1. The van der Waals surface area contributed by atoms with Crippen LogP contribution in [-0.2, 0) is 4.79 Å². The first-order valence-electron chi connectivity index (χ1n) is 12.3. The van der Waals surface area contributed by atoms with Crippen LogP contribution < -0.4 is 15.0 Å². The molecule has 180 valence electrons. The highest BCUT2D eigenvalue weighted by Gasteiger charge is 2.29. The summed E-state index contributed by atoms with van der Waals surface area (Å²) in [5.41, 5.74) is 0.870. The van der Waals surface area contributed by atoms with Crippen LogP contribution in [0, 0.1) is 5.92 Å². The van der Waals surface area contributed by atoms with Crippen molar-refractivity contribution in [3.8, 4) is 17.1 Å². The van der Waals surface area contributed by atoms with E-state index in [9.17, 15) is 4.79 Å². The number of carbonyl (C=O) groups is 1. The Hall–Kier alpha value is -2.61. The topological polar surface area (TPSA) is 83.7 Å². The number of rotatable bonds is 8. The molecule has 1 N–H and O–H groups in total. The Balaban J connectivity index is 1.26. The van der Waals surface area contributed by atoms with Crippen LogP contribution >= 0.6 is 0 Å². The average molecular weight is 456 g/mol. The number of ether oxygens (including phenoxy) is 1. The molecule has 0 unspecified atom stereocenters. The van der Waals surface area contributed by atoms with Crippen LogP contribution in [0.5, 0.6) is 5.75 Å². The van der Waals surface area contributed by atoms with Crippen LogP contribution in [0.2, 0.25) is 0 Å². The van der Waals surface area contributed by atoms with Gasteiger partial charge >= 0.3 is 6.01 Å². The predicted molar refractivity (Wildman–Crippen MR) is 128 cm³/mol. The lowest BCUT2D eigenvalue weighted by Crippen LogP contribution is -2.46. The third-order valence-electron chi connectivity index (χ3n) is 7.09. The Bertz CT molecular complexity index is 890. The van der Waals surface area contributed by atoms with E-state index < -0.39 is 0 Å². The monoisotopic (exact) mass is 455 g/mol. The molecule has 2 fully saturated rings. The van der Waals surface area contributed by atoms with Crippen molar-refractivity contribution in [1.82, 2.24) is 20.4 Å². The summed E-state index contributed by atoms with van der Waals surface area (Å²) >= 11 is 0. The predicted octanol–water partition coefficient (Wildman–Crippen LogP) is 3.73. The van der Waals surface area contributed by atoms with E-state index in [1.165, 1.54) is 19.3 Å². The van der Waals surface area contributed by atoms with Gasteiger partial charge in [0.1, 0.15) is 5.75 Å². The summed E-state index contributed by atoms with van der Waals surface area (Å²) in [6.07, 6.45) is 6.71. The molecule has 3 atom stereocenters. The van der Waals surface area contributed by atoms with Gasteiger partial charge in [0.05, 0.1) is 13.0 Å². The number of hydrogen-bond donors (Lipinski definition) is 1. The van der Waals surface area contributed by atoms with E-state index in [0.717, 1.165) is 50.2 Å². The summed E-state index contributed by atoms with van der Waals surface area (Å²) in [7, 11) is 1.64. The van der Waals surface area contributed by atoms with Gasteiger partial charge in [-0.15, -0.1) is 0 Å². The van der Waals surface area contributed by atoms with Crippen molar-refractivity contribution in [3.63, 3.8) is 0 Å². The fourth-order valence-electron chi connectivity index (χ4n) is 5.10. The minimum atomic E-state index is -0.0529. The summed E-state index contributed by atoms with van der Waals surface area (Å²) in [5.74, 6) is 1.41. The molecule has 2 aromatic rings. The number of benzene rings is 1. The number of likely N-dealkylation sites (tertiary alicyclic amines) is 1. The lowest BCUT2D eigenvalue weighted by atomic mass is 9.97. The Morgan fingerprint density at radius 2 is 1.91 bits per heavy atom. The zero-order chi connectivity index (χ0) is 23.2. The molecular formula is C25H37N5O3. The molecule has 0 spiro atoms. The smallest absolute Gasteiger partial charge is 0.324 e. The molecule has 4 rings (SSSR count). The van der Waals surface area contributed by atoms with Gasteiger partial charge in [-0.1, -0.05) is 11.6 Å². The van der Waals surface area contributed by atoms with E-state index in [0.29, 0.717) is 30.5 Å². The lowest BCUT2D eigenvalue weighted by molar-refractivity contribution is -0.125. The van der Waals surface area contributed by atoms with Crippen molar-refractivity contribution in [2.45, 2.75) is 64.5 Å². The van der Waals surface area contributed by atoms with Crippen LogP contribution in [0.3, 0.4) is 0 Å². The fraction of sp³-hybridized carbons (Fsp3) is 0.640. The molecular weight excluding hydrogens is 418 g/mol. The summed E-state index contributed by atoms with van der Waals surface area (Å²) in [4.78, 5) is 22.0. The molecule has 2 aliphatic rings. The van der Waals surface area contributed by atoms with Gasteiger partial charge < -0.3 is 19.5 Å². The molecule has 33 heavy (non-hydrogen) atoms. The van der Waals surface area contributed by atoms with Gasteiger partial charge in [0.25, 0.3) is 0 Å². The van der Waals surface area contributed by atoms with E-state index in [2.05, 4.69) is 34.2 Å². The average Bonchev–Trinajstić information content (AvgIpc) is 3.34. The second-order valence-corrected chi connectivity index (χ2v) is 9.43. The third-order valence-corrected chi connectivity index (χ3v) is 7.09. The van der Waals surface area contributed by atoms with Crippen LogP contribution in [0.4, 0.5) is 6.01 Å². The number of carbonyl (C=O) groups excluding carboxylic acids is 1. The summed E-state index contributed by atoms with van der Waals surface area (Å²) in [5, 5.41) is 7.30. The zero-order valence-corrected chi connectivity index (χ0v) is 20.1. The Kier molecular flexibility index (Phi) is 7.85. The first kappa shape index (κ1) is 23.5. The molecule has 0 aliphatic carbocycles. The molecule has 1 aromatic carbocycles.